The lowest BCUT2D eigenvalue weighted by Gasteiger charge is -2.13. The predicted octanol–water partition coefficient (Wildman–Crippen LogP) is 2.93. The van der Waals surface area contributed by atoms with Gasteiger partial charge in [0, 0.05) is 18.5 Å². The van der Waals surface area contributed by atoms with E-state index in [0.29, 0.717) is 39.9 Å². The first-order valence-corrected chi connectivity index (χ1v) is 9.56. The molecule has 3 heterocycles. The van der Waals surface area contributed by atoms with Gasteiger partial charge in [-0.1, -0.05) is 45.8 Å². The predicted molar refractivity (Wildman–Crippen MR) is 102 cm³/mol. The molecule has 4 rings (SSSR count). The van der Waals surface area contributed by atoms with Crippen molar-refractivity contribution >= 4 is 34.3 Å². The molecule has 0 spiro atoms. The molecule has 0 fully saturated rings. The highest BCUT2D eigenvalue weighted by atomic mass is 35.5. The second-order valence-electron chi connectivity index (χ2n) is 5.87. The SMILES string of the molecule is Cc1nonc1CSc1nc2ccccc2c(=O)n1CCn1cc(Cl)cn1. The van der Waals surface area contributed by atoms with Crippen LogP contribution >= 0.6 is 23.4 Å². The van der Waals surface area contributed by atoms with E-state index in [-0.39, 0.29) is 5.56 Å². The third-order valence-corrected chi connectivity index (χ3v) is 5.25. The minimum Gasteiger partial charge on any atom is -0.285 e. The second-order valence-corrected chi connectivity index (χ2v) is 7.25. The van der Waals surface area contributed by atoms with E-state index in [9.17, 15) is 4.79 Å². The Balaban J connectivity index is 1.68. The fourth-order valence-electron chi connectivity index (χ4n) is 2.63. The summed E-state index contributed by atoms with van der Waals surface area (Å²) in [4.78, 5) is 17.7. The Bertz CT molecular complexity index is 1150. The summed E-state index contributed by atoms with van der Waals surface area (Å²) >= 11 is 7.34. The zero-order valence-electron chi connectivity index (χ0n) is 14.4. The highest BCUT2D eigenvalue weighted by Gasteiger charge is 2.14. The number of aryl methyl sites for hydroxylation is 2. The van der Waals surface area contributed by atoms with Crippen LogP contribution in [-0.4, -0.2) is 29.6 Å². The Morgan fingerprint density at radius 3 is 2.81 bits per heavy atom. The molecule has 0 N–H and O–H groups in total. The van der Waals surface area contributed by atoms with Gasteiger partial charge in [-0.05, 0) is 19.1 Å². The average molecular weight is 403 g/mol. The minimum atomic E-state index is -0.0867. The molecule has 0 saturated carbocycles. The van der Waals surface area contributed by atoms with Crippen molar-refractivity contribution in [3.8, 4) is 0 Å². The molecule has 0 unspecified atom stereocenters. The number of nitrogens with zero attached hydrogens (tertiary/aromatic N) is 6. The lowest BCUT2D eigenvalue weighted by Crippen LogP contribution is -2.25. The van der Waals surface area contributed by atoms with Gasteiger partial charge in [0.05, 0.1) is 28.7 Å². The summed E-state index contributed by atoms with van der Waals surface area (Å²) in [6.45, 7) is 2.76. The van der Waals surface area contributed by atoms with Crippen molar-refractivity contribution in [2.45, 2.75) is 30.9 Å². The van der Waals surface area contributed by atoms with E-state index in [1.165, 1.54) is 11.8 Å². The Hall–Kier alpha value is -2.65. The molecule has 0 amide bonds. The normalized spacial score (nSPS) is 11.3. The summed E-state index contributed by atoms with van der Waals surface area (Å²) in [7, 11) is 0. The quantitative estimate of drug-likeness (QED) is 0.361. The molecule has 4 aromatic rings. The van der Waals surface area contributed by atoms with E-state index in [4.69, 9.17) is 16.2 Å². The lowest BCUT2D eigenvalue weighted by atomic mass is 10.2. The number of benzene rings is 1. The second kappa shape index (κ2) is 7.53. The molecule has 3 aromatic heterocycles. The van der Waals surface area contributed by atoms with Crippen LogP contribution in [0.15, 0.2) is 51.2 Å². The van der Waals surface area contributed by atoms with Crippen LogP contribution in [-0.2, 0) is 18.8 Å². The van der Waals surface area contributed by atoms with Gasteiger partial charge < -0.3 is 0 Å². The fourth-order valence-corrected chi connectivity index (χ4v) is 3.81. The van der Waals surface area contributed by atoms with Gasteiger partial charge >= 0.3 is 0 Å². The van der Waals surface area contributed by atoms with E-state index < -0.39 is 0 Å². The van der Waals surface area contributed by atoms with Crippen LogP contribution in [0.5, 0.6) is 0 Å². The highest BCUT2D eigenvalue weighted by molar-refractivity contribution is 7.98. The topological polar surface area (TPSA) is 91.6 Å². The van der Waals surface area contributed by atoms with Crippen molar-refractivity contribution in [3.63, 3.8) is 0 Å². The van der Waals surface area contributed by atoms with E-state index in [0.717, 1.165) is 11.4 Å². The number of aromatic nitrogens is 6. The summed E-state index contributed by atoms with van der Waals surface area (Å²) in [5.41, 5.74) is 2.03. The number of hydrogen-bond donors (Lipinski definition) is 0. The van der Waals surface area contributed by atoms with Gasteiger partial charge in [-0.2, -0.15) is 5.10 Å². The van der Waals surface area contributed by atoms with Crippen molar-refractivity contribution in [1.82, 2.24) is 29.6 Å². The van der Waals surface area contributed by atoms with Crippen molar-refractivity contribution in [2.75, 3.05) is 0 Å². The molecule has 0 bridgehead atoms. The molecule has 0 aliphatic rings. The van der Waals surface area contributed by atoms with Crippen molar-refractivity contribution in [2.24, 2.45) is 0 Å². The molecule has 0 aliphatic heterocycles. The molecule has 1 aromatic carbocycles. The number of hydrogen-bond acceptors (Lipinski definition) is 7. The number of thioether (sulfide) groups is 1. The Kier molecular flexibility index (Phi) is 4.95. The summed E-state index contributed by atoms with van der Waals surface area (Å²) in [6.07, 6.45) is 3.29. The maximum absolute atomic E-state index is 13.0. The molecule has 138 valence electrons. The van der Waals surface area contributed by atoms with Crippen LogP contribution < -0.4 is 5.56 Å². The summed E-state index contributed by atoms with van der Waals surface area (Å²) < 4.78 is 8.10. The van der Waals surface area contributed by atoms with Crippen LogP contribution in [0.1, 0.15) is 11.4 Å². The summed E-state index contributed by atoms with van der Waals surface area (Å²) in [5.74, 6) is 0.508. The van der Waals surface area contributed by atoms with Crippen LogP contribution in [0, 0.1) is 6.92 Å². The minimum absolute atomic E-state index is 0.0867. The van der Waals surface area contributed by atoms with E-state index in [1.54, 1.807) is 27.7 Å². The molecule has 27 heavy (non-hydrogen) atoms. The molecule has 0 atom stereocenters. The van der Waals surface area contributed by atoms with Gasteiger partial charge in [0.2, 0.25) is 0 Å². The van der Waals surface area contributed by atoms with Crippen molar-refractivity contribution in [1.29, 1.82) is 0 Å². The number of fused-ring (bicyclic) bond motifs is 1. The first kappa shape index (κ1) is 17.7. The van der Waals surface area contributed by atoms with Crippen LogP contribution in [0.25, 0.3) is 10.9 Å². The highest BCUT2D eigenvalue weighted by Crippen LogP contribution is 2.22. The molecule has 0 saturated heterocycles. The van der Waals surface area contributed by atoms with Gasteiger partial charge in [0.25, 0.3) is 5.56 Å². The number of rotatable bonds is 6. The fraction of sp³-hybridized carbons (Fsp3) is 0.235. The van der Waals surface area contributed by atoms with E-state index >= 15 is 0 Å². The molecule has 8 nitrogen and oxygen atoms in total. The lowest BCUT2D eigenvalue weighted by molar-refractivity contribution is 0.302. The van der Waals surface area contributed by atoms with Gasteiger partial charge in [-0.3, -0.25) is 14.0 Å². The van der Waals surface area contributed by atoms with E-state index in [2.05, 4.69) is 20.4 Å². The molecule has 0 aliphatic carbocycles. The van der Waals surface area contributed by atoms with Gasteiger partial charge in [0.15, 0.2) is 5.16 Å². The van der Waals surface area contributed by atoms with Gasteiger partial charge in [-0.25, -0.2) is 9.61 Å². The Labute approximate surface area is 163 Å². The van der Waals surface area contributed by atoms with Gasteiger partial charge in [0.1, 0.15) is 11.4 Å². The Morgan fingerprint density at radius 2 is 2.07 bits per heavy atom. The molecular formula is C17H15ClN6O2S. The van der Waals surface area contributed by atoms with Crippen molar-refractivity contribution < 1.29 is 4.63 Å². The van der Waals surface area contributed by atoms with Crippen molar-refractivity contribution in [3.05, 3.63) is 63.4 Å². The first-order valence-electron chi connectivity index (χ1n) is 8.20. The number of halogens is 1. The Morgan fingerprint density at radius 1 is 1.22 bits per heavy atom. The first-order chi connectivity index (χ1) is 13.1. The molecular weight excluding hydrogens is 388 g/mol. The average Bonchev–Trinajstić information content (AvgIpc) is 3.27. The zero-order chi connectivity index (χ0) is 18.8. The third-order valence-electron chi connectivity index (χ3n) is 4.07. The molecule has 10 heteroatoms. The van der Waals surface area contributed by atoms with Crippen LogP contribution in [0.3, 0.4) is 0 Å². The summed E-state index contributed by atoms with van der Waals surface area (Å²) in [5, 5.41) is 13.6. The van der Waals surface area contributed by atoms with E-state index in [1.807, 2.05) is 25.1 Å². The summed E-state index contributed by atoms with van der Waals surface area (Å²) in [6, 6.07) is 7.32. The maximum Gasteiger partial charge on any atom is 0.262 e. The molecule has 0 radical (unpaired) electrons. The smallest absolute Gasteiger partial charge is 0.262 e. The monoisotopic (exact) mass is 402 g/mol. The van der Waals surface area contributed by atoms with Gasteiger partial charge in [-0.15, -0.1) is 0 Å². The maximum atomic E-state index is 13.0. The van der Waals surface area contributed by atoms with Crippen LogP contribution in [0.4, 0.5) is 0 Å². The zero-order valence-corrected chi connectivity index (χ0v) is 15.9. The third kappa shape index (κ3) is 3.74. The standard InChI is InChI=1S/C17H15ClN6O2S/c1-11-15(22-26-21-11)10-27-17-20-14-5-3-2-4-13(14)16(25)24(17)7-6-23-9-12(18)8-19-23/h2-5,8-9H,6-7,10H2,1H3. The largest absolute Gasteiger partial charge is 0.285 e. The number of para-hydroxylation sites is 1. The van der Waals surface area contributed by atoms with Crippen LogP contribution in [0.2, 0.25) is 5.02 Å².